The summed E-state index contributed by atoms with van der Waals surface area (Å²) in [6.45, 7) is 0. The Hall–Kier alpha value is -2.50. The number of nitrogens with one attached hydrogen (secondary N) is 2. The Morgan fingerprint density at radius 2 is 2.18 bits per heavy atom. The molecule has 0 aromatic carbocycles. The molecule has 0 radical (unpaired) electrons. The van der Waals surface area contributed by atoms with E-state index in [-0.39, 0.29) is 5.69 Å². The molecule has 0 spiro atoms. The van der Waals surface area contributed by atoms with E-state index in [9.17, 15) is 14.4 Å². The molecule has 2 N–H and O–H groups in total. The van der Waals surface area contributed by atoms with E-state index in [1.807, 2.05) is 0 Å². The quantitative estimate of drug-likeness (QED) is 0.665. The molecule has 1 unspecified atom stereocenters. The van der Waals surface area contributed by atoms with Crippen LogP contribution < -0.4 is 10.6 Å². The van der Waals surface area contributed by atoms with Crippen molar-refractivity contribution >= 4 is 17.7 Å². The zero-order chi connectivity index (χ0) is 12.3. The van der Waals surface area contributed by atoms with Gasteiger partial charge in [0, 0.05) is 12.3 Å². The number of carbonyl (C=O) groups excluding carboxylic acids is 3. The van der Waals surface area contributed by atoms with Gasteiger partial charge in [-0.1, -0.05) is 6.07 Å². The lowest BCUT2D eigenvalue weighted by molar-refractivity contribution is -0.129. The van der Waals surface area contributed by atoms with Gasteiger partial charge in [-0.25, -0.2) is 0 Å². The van der Waals surface area contributed by atoms with Gasteiger partial charge in [0.2, 0.25) is 5.91 Å². The number of carbonyl (C=O) groups is 3. The molecule has 1 aliphatic heterocycles. The molecule has 3 amide bonds. The van der Waals surface area contributed by atoms with Crippen molar-refractivity contribution in [3.05, 3.63) is 42.2 Å². The van der Waals surface area contributed by atoms with Crippen molar-refractivity contribution in [1.82, 2.24) is 15.6 Å². The van der Waals surface area contributed by atoms with Crippen LogP contribution in [0.25, 0.3) is 0 Å². The third-order valence-electron chi connectivity index (χ3n) is 2.15. The number of hydrogen-bond acceptors (Lipinski definition) is 4. The van der Waals surface area contributed by atoms with Crippen molar-refractivity contribution in [3.8, 4) is 0 Å². The standard InChI is InChI=1S/C11H9N3O3/c15-9-5-4-8(11(17)14-9)13-10(16)7-3-1-2-6-12-7/h1-6,8H,(H,13,16)(H,14,15,17). The monoisotopic (exact) mass is 231 g/mol. The number of pyridine rings is 1. The highest BCUT2D eigenvalue weighted by molar-refractivity contribution is 6.08. The summed E-state index contributed by atoms with van der Waals surface area (Å²) in [7, 11) is 0. The molecule has 0 saturated carbocycles. The van der Waals surface area contributed by atoms with E-state index in [0.29, 0.717) is 0 Å². The third-order valence-corrected chi connectivity index (χ3v) is 2.15. The van der Waals surface area contributed by atoms with E-state index < -0.39 is 23.8 Å². The van der Waals surface area contributed by atoms with Crippen LogP contribution in [0.1, 0.15) is 10.5 Å². The normalized spacial score (nSPS) is 18.7. The van der Waals surface area contributed by atoms with Crippen molar-refractivity contribution in [2.24, 2.45) is 0 Å². The van der Waals surface area contributed by atoms with Crippen LogP contribution in [-0.2, 0) is 9.59 Å². The molecule has 0 bridgehead atoms. The highest BCUT2D eigenvalue weighted by Gasteiger charge is 2.23. The predicted octanol–water partition coefficient (Wildman–Crippen LogP) is -0.607. The first-order valence-corrected chi connectivity index (χ1v) is 4.92. The summed E-state index contributed by atoms with van der Waals surface area (Å²) in [5.41, 5.74) is 0.214. The first kappa shape index (κ1) is 11.0. The Labute approximate surface area is 96.7 Å². The van der Waals surface area contributed by atoms with Gasteiger partial charge in [-0.15, -0.1) is 0 Å². The van der Waals surface area contributed by atoms with Gasteiger partial charge >= 0.3 is 0 Å². The zero-order valence-electron chi connectivity index (χ0n) is 8.71. The van der Waals surface area contributed by atoms with Gasteiger partial charge in [0.05, 0.1) is 0 Å². The summed E-state index contributed by atoms with van der Waals surface area (Å²) >= 11 is 0. The second-order valence-electron chi connectivity index (χ2n) is 3.38. The summed E-state index contributed by atoms with van der Waals surface area (Å²) in [4.78, 5) is 37.7. The Bertz CT molecular complexity index is 496. The van der Waals surface area contributed by atoms with Gasteiger partial charge in [0.25, 0.3) is 11.8 Å². The molecule has 0 aliphatic carbocycles. The van der Waals surface area contributed by atoms with Crippen molar-refractivity contribution in [2.75, 3.05) is 0 Å². The number of aromatic nitrogens is 1. The van der Waals surface area contributed by atoms with Gasteiger partial charge in [-0.05, 0) is 18.2 Å². The summed E-state index contributed by atoms with van der Waals surface area (Å²) in [6, 6.07) is 4.04. The van der Waals surface area contributed by atoms with Gasteiger partial charge < -0.3 is 5.32 Å². The Balaban J connectivity index is 2.07. The third kappa shape index (κ3) is 2.54. The van der Waals surface area contributed by atoms with Crippen LogP contribution in [0.2, 0.25) is 0 Å². The molecule has 1 atom stereocenters. The highest BCUT2D eigenvalue weighted by atomic mass is 16.2. The SMILES string of the molecule is O=C1C=CC(NC(=O)c2ccccn2)C(=O)N1. The molecule has 0 saturated heterocycles. The van der Waals surface area contributed by atoms with Crippen LogP contribution in [-0.4, -0.2) is 28.7 Å². The fourth-order valence-corrected chi connectivity index (χ4v) is 1.34. The number of rotatable bonds is 2. The van der Waals surface area contributed by atoms with Crippen LogP contribution in [0.15, 0.2) is 36.5 Å². The van der Waals surface area contributed by atoms with Crippen LogP contribution in [0, 0.1) is 0 Å². The van der Waals surface area contributed by atoms with Crippen molar-refractivity contribution in [1.29, 1.82) is 0 Å². The first-order valence-electron chi connectivity index (χ1n) is 4.92. The summed E-state index contributed by atoms with van der Waals surface area (Å²) in [6.07, 6.45) is 4.02. The molecule has 6 heteroatoms. The van der Waals surface area contributed by atoms with Crippen molar-refractivity contribution in [2.45, 2.75) is 6.04 Å². The van der Waals surface area contributed by atoms with Gasteiger partial charge in [0.15, 0.2) is 0 Å². The number of hydrogen-bond donors (Lipinski definition) is 2. The molecule has 2 rings (SSSR count). The molecule has 0 fully saturated rings. The summed E-state index contributed by atoms with van der Waals surface area (Å²) in [5.74, 6) is -1.51. The maximum Gasteiger partial charge on any atom is 0.270 e. The molecule has 6 nitrogen and oxygen atoms in total. The molecule has 2 heterocycles. The topological polar surface area (TPSA) is 88.2 Å². The number of amides is 3. The Kier molecular flexibility index (Phi) is 2.95. The summed E-state index contributed by atoms with van der Waals surface area (Å²) in [5, 5.41) is 4.54. The van der Waals surface area contributed by atoms with E-state index in [2.05, 4.69) is 15.6 Å². The maximum absolute atomic E-state index is 11.7. The summed E-state index contributed by atoms with van der Waals surface area (Å²) < 4.78 is 0. The van der Waals surface area contributed by atoms with Crippen LogP contribution in [0.4, 0.5) is 0 Å². The minimum absolute atomic E-state index is 0.214. The van der Waals surface area contributed by atoms with Crippen molar-refractivity contribution in [3.63, 3.8) is 0 Å². The van der Waals surface area contributed by atoms with Gasteiger partial charge in [0.1, 0.15) is 11.7 Å². The minimum Gasteiger partial charge on any atom is -0.336 e. The average Bonchev–Trinajstić information content (AvgIpc) is 2.34. The maximum atomic E-state index is 11.7. The van der Waals surface area contributed by atoms with Crippen molar-refractivity contribution < 1.29 is 14.4 Å². The fraction of sp³-hybridized carbons (Fsp3) is 0.0909. The molecule has 1 aromatic heterocycles. The van der Waals surface area contributed by atoms with E-state index in [1.54, 1.807) is 12.1 Å². The average molecular weight is 231 g/mol. The van der Waals surface area contributed by atoms with Crippen LogP contribution in [0.3, 0.4) is 0 Å². The molecule has 17 heavy (non-hydrogen) atoms. The Morgan fingerprint density at radius 1 is 1.35 bits per heavy atom. The second kappa shape index (κ2) is 4.56. The molecular formula is C11H9N3O3. The molecular weight excluding hydrogens is 222 g/mol. The van der Waals surface area contributed by atoms with E-state index >= 15 is 0 Å². The van der Waals surface area contributed by atoms with Gasteiger partial charge in [-0.3, -0.25) is 24.7 Å². The lowest BCUT2D eigenvalue weighted by atomic mass is 10.2. The van der Waals surface area contributed by atoms with E-state index in [4.69, 9.17) is 0 Å². The number of imide groups is 1. The number of nitrogens with zero attached hydrogens (tertiary/aromatic N) is 1. The largest absolute Gasteiger partial charge is 0.336 e. The molecule has 86 valence electrons. The molecule has 1 aromatic rings. The van der Waals surface area contributed by atoms with Gasteiger partial charge in [-0.2, -0.15) is 0 Å². The highest BCUT2D eigenvalue weighted by Crippen LogP contribution is 1.98. The van der Waals surface area contributed by atoms with E-state index in [0.717, 1.165) is 0 Å². The first-order chi connectivity index (χ1) is 8.16. The fourth-order valence-electron chi connectivity index (χ4n) is 1.34. The zero-order valence-corrected chi connectivity index (χ0v) is 8.71. The minimum atomic E-state index is -0.845. The van der Waals surface area contributed by atoms with E-state index in [1.165, 1.54) is 24.4 Å². The lowest BCUT2D eigenvalue weighted by Gasteiger charge is -2.16. The predicted molar refractivity (Wildman–Crippen MR) is 57.8 cm³/mol. The second-order valence-corrected chi connectivity index (χ2v) is 3.38. The molecule has 1 aliphatic rings. The van der Waals surface area contributed by atoms with Crippen LogP contribution in [0.5, 0.6) is 0 Å². The smallest absolute Gasteiger partial charge is 0.270 e. The lowest BCUT2D eigenvalue weighted by Crippen LogP contribution is -2.49. The van der Waals surface area contributed by atoms with Crippen LogP contribution >= 0.6 is 0 Å². The Morgan fingerprint density at radius 3 is 2.82 bits per heavy atom.